The van der Waals surface area contributed by atoms with E-state index < -0.39 is 0 Å². The summed E-state index contributed by atoms with van der Waals surface area (Å²) in [7, 11) is 1.63. The van der Waals surface area contributed by atoms with Crippen molar-refractivity contribution in [3.8, 4) is 5.88 Å². The number of hydrogen-bond donors (Lipinski definition) is 0. The van der Waals surface area contributed by atoms with Crippen LogP contribution in [0.3, 0.4) is 0 Å². The first-order valence-electron chi connectivity index (χ1n) is 6.02. The number of halogens is 1. The highest BCUT2D eigenvalue weighted by Crippen LogP contribution is 2.17. The van der Waals surface area contributed by atoms with Gasteiger partial charge in [-0.2, -0.15) is 0 Å². The van der Waals surface area contributed by atoms with Crippen molar-refractivity contribution in [2.45, 2.75) is 6.42 Å². The maximum atomic E-state index is 12.9. The van der Waals surface area contributed by atoms with Crippen molar-refractivity contribution in [1.29, 1.82) is 0 Å². The number of aromatic nitrogens is 2. The number of hydrogen-bond acceptors (Lipinski definition) is 2. The first-order valence-corrected chi connectivity index (χ1v) is 6.02. The van der Waals surface area contributed by atoms with Crippen LogP contribution < -0.4 is 4.74 Å². The van der Waals surface area contributed by atoms with Gasteiger partial charge in [0.2, 0.25) is 0 Å². The molecule has 0 unspecified atom stereocenters. The van der Waals surface area contributed by atoms with E-state index >= 15 is 0 Å². The number of methoxy groups -OCH3 is 1. The Balaban J connectivity index is 1.95. The molecule has 0 aliphatic heterocycles. The zero-order valence-corrected chi connectivity index (χ0v) is 10.5. The SMILES string of the molecule is COc1cccc2nc(Cc3ccc(F)cc3)cn12. The first kappa shape index (κ1) is 11.7. The van der Waals surface area contributed by atoms with Gasteiger partial charge < -0.3 is 4.74 Å². The Morgan fingerprint density at radius 2 is 1.95 bits per heavy atom. The predicted octanol–water partition coefficient (Wildman–Crippen LogP) is 3.07. The molecule has 0 bridgehead atoms. The van der Waals surface area contributed by atoms with Gasteiger partial charge in [-0.3, -0.25) is 4.40 Å². The van der Waals surface area contributed by atoms with Crippen molar-refractivity contribution in [2.75, 3.05) is 7.11 Å². The van der Waals surface area contributed by atoms with Crippen LogP contribution in [0, 0.1) is 5.82 Å². The number of nitrogens with zero attached hydrogens (tertiary/aromatic N) is 2. The van der Waals surface area contributed by atoms with E-state index in [0.717, 1.165) is 22.8 Å². The highest BCUT2D eigenvalue weighted by Gasteiger charge is 2.06. The van der Waals surface area contributed by atoms with Gasteiger partial charge >= 0.3 is 0 Å². The van der Waals surface area contributed by atoms with Crippen LogP contribution in [0.4, 0.5) is 4.39 Å². The van der Waals surface area contributed by atoms with Gasteiger partial charge in [0.05, 0.1) is 12.8 Å². The molecule has 1 aromatic carbocycles. The maximum Gasteiger partial charge on any atom is 0.198 e. The zero-order valence-electron chi connectivity index (χ0n) is 10.5. The van der Waals surface area contributed by atoms with Gasteiger partial charge in [0.1, 0.15) is 11.5 Å². The van der Waals surface area contributed by atoms with Crippen LogP contribution in [-0.2, 0) is 6.42 Å². The van der Waals surface area contributed by atoms with E-state index in [4.69, 9.17) is 4.74 Å². The smallest absolute Gasteiger partial charge is 0.198 e. The van der Waals surface area contributed by atoms with Crippen LogP contribution >= 0.6 is 0 Å². The molecule has 0 aliphatic carbocycles. The fourth-order valence-corrected chi connectivity index (χ4v) is 2.10. The van der Waals surface area contributed by atoms with Crippen LogP contribution in [0.15, 0.2) is 48.7 Å². The second-order valence-electron chi connectivity index (χ2n) is 4.33. The number of fused-ring (bicyclic) bond motifs is 1. The minimum Gasteiger partial charge on any atom is -0.482 e. The lowest BCUT2D eigenvalue weighted by Crippen LogP contribution is -1.91. The van der Waals surface area contributed by atoms with Crippen LogP contribution in [-0.4, -0.2) is 16.5 Å². The maximum absolute atomic E-state index is 12.9. The van der Waals surface area contributed by atoms with Crippen molar-refractivity contribution >= 4 is 5.65 Å². The molecule has 0 aliphatic rings. The summed E-state index contributed by atoms with van der Waals surface area (Å²) in [6.45, 7) is 0. The summed E-state index contributed by atoms with van der Waals surface area (Å²) >= 11 is 0. The van der Waals surface area contributed by atoms with E-state index in [0.29, 0.717) is 6.42 Å². The highest BCUT2D eigenvalue weighted by molar-refractivity contribution is 5.44. The molecule has 0 spiro atoms. The second-order valence-corrected chi connectivity index (χ2v) is 4.33. The molecule has 19 heavy (non-hydrogen) atoms. The normalized spacial score (nSPS) is 10.8. The van der Waals surface area contributed by atoms with E-state index in [9.17, 15) is 4.39 Å². The van der Waals surface area contributed by atoms with Gasteiger partial charge in [0, 0.05) is 12.6 Å². The van der Waals surface area contributed by atoms with Gasteiger partial charge in [0.15, 0.2) is 5.88 Å². The van der Waals surface area contributed by atoms with Crippen molar-refractivity contribution < 1.29 is 9.13 Å². The molecule has 0 fully saturated rings. The lowest BCUT2D eigenvalue weighted by Gasteiger charge is -2.01. The lowest BCUT2D eigenvalue weighted by molar-refractivity contribution is 0.392. The second kappa shape index (κ2) is 4.72. The minimum absolute atomic E-state index is 0.222. The zero-order chi connectivity index (χ0) is 13.2. The molecule has 96 valence electrons. The van der Waals surface area contributed by atoms with E-state index in [1.165, 1.54) is 12.1 Å². The fourth-order valence-electron chi connectivity index (χ4n) is 2.10. The van der Waals surface area contributed by atoms with Crippen LogP contribution in [0.5, 0.6) is 5.88 Å². The number of ether oxygens (including phenoxy) is 1. The molecule has 0 saturated heterocycles. The van der Waals surface area contributed by atoms with Crippen molar-refractivity contribution in [3.63, 3.8) is 0 Å². The molecule has 3 rings (SSSR count). The quantitative estimate of drug-likeness (QED) is 0.720. The summed E-state index contributed by atoms with van der Waals surface area (Å²) in [4.78, 5) is 4.53. The van der Waals surface area contributed by atoms with Gasteiger partial charge in [-0.25, -0.2) is 9.37 Å². The Hall–Kier alpha value is -2.36. The Labute approximate surface area is 110 Å². The van der Waals surface area contributed by atoms with Gasteiger partial charge in [-0.05, 0) is 29.8 Å². The molecule has 2 heterocycles. The molecule has 0 saturated carbocycles. The Morgan fingerprint density at radius 3 is 2.68 bits per heavy atom. The summed E-state index contributed by atoms with van der Waals surface area (Å²) in [6.07, 6.45) is 2.61. The third-order valence-electron chi connectivity index (χ3n) is 3.01. The van der Waals surface area contributed by atoms with Gasteiger partial charge in [-0.15, -0.1) is 0 Å². The predicted molar refractivity (Wildman–Crippen MR) is 71.0 cm³/mol. The topological polar surface area (TPSA) is 26.5 Å². The molecule has 0 N–H and O–H groups in total. The summed E-state index contributed by atoms with van der Waals surface area (Å²) in [5.74, 6) is 0.524. The third-order valence-corrected chi connectivity index (χ3v) is 3.01. The van der Waals surface area contributed by atoms with Crippen molar-refractivity contribution in [2.24, 2.45) is 0 Å². The minimum atomic E-state index is -0.222. The third kappa shape index (κ3) is 2.29. The average molecular weight is 256 g/mol. The van der Waals surface area contributed by atoms with Crippen LogP contribution in [0.2, 0.25) is 0 Å². The molecular formula is C15H13FN2O. The standard InChI is InChI=1S/C15H13FN2O/c1-19-15-4-2-3-14-17-13(10-18(14)15)9-11-5-7-12(16)8-6-11/h2-8,10H,9H2,1H3. The van der Waals surface area contributed by atoms with Crippen molar-refractivity contribution in [3.05, 3.63) is 65.7 Å². The molecular weight excluding hydrogens is 243 g/mol. The lowest BCUT2D eigenvalue weighted by atomic mass is 10.1. The summed E-state index contributed by atoms with van der Waals surface area (Å²) in [5.41, 5.74) is 2.80. The Kier molecular flexibility index (Phi) is 2.91. The summed E-state index contributed by atoms with van der Waals surface area (Å²) in [5, 5.41) is 0. The number of imidazole rings is 1. The number of benzene rings is 1. The monoisotopic (exact) mass is 256 g/mol. The molecule has 4 heteroatoms. The molecule has 2 aromatic heterocycles. The van der Waals surface area contributed by atoms with Crippen LogP contribution in [0.25, 0.3) is 5.65 Å². The molecule has 3 nitrogen and oxygen atoms in total. The Morgan fingerprint density at radius 1 is 1.16 bits per heavy atom. The van der Waals surface area contributed by atoms with E-state index in [2.05, 4.69) is 4.98 Å². The van der Waals surface area contributed by atoms with E-state index in [1.807, 2.05) is 28.8 Å². The van der Waals surface area contributed by atoms with E-state index in [-0.39, 0.29) is 5.82 Å². The van der Waals surface area contributed by atoms with Gasteiger partial charge in [-0.1, -0.05) is 18.2 Å². The number of pyridine rings is 1. The number of rotatable bonds is 3. The molecule has 3 aromatic rings. The molecule has 0 amide bonds. The van der Waals surface area contributed by atoms with Gasteiger partial charge in [0.25, 0.3) is 0 Å². The Bertz CT molecular complexity index is 704. The highest BCUT2D eigenvalue weighted by atomic mass is 19.1. The molecule has 0 radical (unpaired) electrons. The summed E-state index contributed by atoms with van der Waals surface area (Å²) in [6, 6.07) is 12.2. The molecule has 0 atom stereocenters. The van der Waals surface area contributed by atoms with E-state index in [1.54, 1.807) is 19.2 Å². The average Bonchev–Trinajstić information content (AvgIpc) is 2.83. The largest absolute Gasteiger partial charge is 0.482 e. The fraction of sp³-hybridized carbons (Fsp3) is 0.133. The van der Waals surface area contributed by atoms with Crippen LogP contribution in [0.1, 0.15) is 11.3 Å². The first-order chi connectivity index (χ1) is 9.26. The summed E-state index contributed by atoms with van der Waals surface area (Å²) < 4.78 is 20.0. The van der Waals surface area contributed by atoms with Crippen molar-refractivity contribution in [1.82, 2.24) is 9.38 Å².